The van der Waals surface area contributed by atoms with Crippen LogP contribution in [0.5, 0.6) is 34.5 Å². The average Bonchev–Trinajstić information content (AvgIpc) is 2.83. The molecule has 4 aromatic rings. The Morgan fingerprint density at radius 1 is 0.618 bits per heavy atom. The number of anilines is 2. The normalized spacial score (nSPS) is 10.1. The summed E-state index contributed by atoms with van der Waals surface area (Å²) in [6, 6.07) is 13.9. The maximum Gasteiger partial charge on any atom is 0.152 e. The molecule has 6 N–H and O–H groups in total. The van der Waals surface area contributed by atoms with Crippen molar-refractivity contribution in [3.63, 3.8) is 0 Å². The van der Waals surface area contributed by atoms with Gasteiger partial charge in [0.15, 0.2) is 5.75 Å². The van der Waals surface area contributed by atoms with Crippen molar-refractivity contribution in [3.8, 4) is 71.5 Å². The predicted molar refractivity (Wildman–Crippen MR) is 133 cm³/mol. The second-order valence-corrected chi connectivity index (χ2v) is 7.24. The smallest absolute Gasteiger partial charge is 0.152 e. The van der Waals surface area contributed by atoms with Gasteiger partial charge in [-0.25, -0.2) is 0 Å². The first-order valence-corrected chi connectivity index (χ1v) is 9.92. The number of ether oxygens (including phenoxy) is 2. The van der Waals surface area contributed by atoms with Gasteiger partial charge in [-0.1, -0.05) is 17.8 Å². The summed E-state index contributed by atoms with van der Waals surface area (Å²) in [5.74, 6) is 9.09. The van der Waals surface area contributed by atoms with Gasteiger partial charge in [-0.2, -0.15) is 0 Å². The first-order chi connectivity index (χ1) is 16.4. The van der Waals surface area contributed by atoms with E-state index in [1.54, 1.807) is 30.3 Å². The number of phenols is 2. The topological polar surface area (TPSA) is 111 Å². The Balaban J connectivity index is 1.99. The summed E-state index contributed by atoms with van der Waals surface area (Å²) in [6.45, 7) is 0. The number of terminal acetylenes is 3. The molecular formula is C28H18N2O4. The molecule has 4 rings (SSSR count). The fraction of sp³-hybridized carbons (Fsp3) is 0. The highest BCUT2D eigenvalue weighted by Gasteiger charge is 2.20. The molecule has 0 unspecified atom stereocenters. The van der Waals surface area contributed by atoms with Gasteiger partial charge in [0, 0.05) is 34.0 Å². The predicted octanol–water partition coefficient (Wildman–Crippen LogP) is 4.94. The third kappa shape index (κ3) is 3.82. The van der Waals surface area contributed by atoms with Gasteiger partial charge >= 0.3 is 0 Å². The van der Waals surface area contributed by atoms with Crippen LogP contribution in [0.3, 0.4) is 0 Å². The minimum atomic E-state index is -0.0785. The summed E-state index contributed by atoms with van der Waals surface area (Å²) in [7, 11) is 0. The second-order valence-electron chi connectivity index (χ2n) is 7.24. The summed E-state index contributed by atoms with van der Waals surface area (Å²) in [5, 5.41) is 20.4. The molecule has 34 heavy (non-hydrogen) atoms. The van der Waals surface area contributed by atoms with E-state index in [9.17, 15) is 10.2 Å². The zero-order valence-electron chi connectivity index (χ0n) is 17.8. The van der Waals surface area contributed by atoms with Gasteiger partial charge in [0.25, 0.3) is 0 Å². The van der Waals surface area contributed by atoms with Crippen molar-refractivity contribution in [3.05, 3.63) is 71.3 Å². The van der Waals surface area contributed by atoms with Crippen LogP contribution >= 0.6 is 0 Å². The number of nitrogens with two attached hydrogens (primary N) is 2. The van der Waals surface area contributed by atoms with Crippen molar-refractivity contribution >= 4 is 22.1 Å². The Morgan fingerprint density at radius 3 is 1.71 bits per heavy atom. The van der Waals surface area contributed by atoms with Crippen LogP contribution in [0, 0.1) is 37.0 Å². The highest BCUT2D eigenvalue weighted by molar-refractivity contribution is 6.03. The molecule has 0 saturated carbocycles. The zero-order valence-corrected chi connectivity index (χ0v) is 17.8. The Morgan fingerprint density at radius 2 is 1.18 bits per heavy atom. The van der Waals surface area contributed by atoms with Crippen molar-refractivity contribution in [1.82, 2.24) is 0 Å². The van der Waals surface area contributed by atoms with E-state index in [-0.39, 0.29) is 28.6 Å². The lowest BCUT2D eigenvalue weighted by molar-refractivity contribution is 0.466. The van der Waals surface area contributed by atoms with Crippen LogP contribution in [0.15, 0.2) is 54.6 Å². The molecule has 0 atom stereocenters. The van der Waals surface area contributed by atoms with E-state index < -0.39 is 0 Å². The summed E-state index contributed by atoms with van der Waals surface area (Å²) < 4.78 is 12.2. The fourth-order valence-electron chi connectivity index (χ4n) is 3.47. The molecule has 0 aliphatic heterocycles. The quantitative estimate of drug-likeness (QED) is 0.201. The second kappa shape index (κ2) is 8.63. The van der Waals surface area contributed by atoms with Gasteiger partial charge in [0.1, 0.15) is 28.7 Å². The van der Waals surface area contributed by atoms with E-state index in [0.29, 0.717) is 44.7 Å². The lowest BCUT2D eigenvalue weighted by Crippen LogP contribution is -1.98. The largest absolute Gasteiger partial charge is 0.506 e. The number of nitrogen functional groups attached to an aromatic ring is 2. The van der Waals surface area contributed by atoms with Crippen LogP contribution in [-0.2, 0) is 0 Å². The Labute approximate surface area is 196 Å². The van der Waals surface area contributed by atoms with Crippen molar-refractivity contribution in [1.29, 1.82) is 0 Å². The lowest BCUT2D eigenvalue weighted by atomic mass is 9.95. The summed E-state index contributed by atoms with van der Waals surface area (Å²) >= 11 is 0. The Hall–Kier alpha value is -5.38. The van der Waals surface area contributed by atoms with Crippen LogP contribution in [-0.4, -0.2) is 10.2 Å². The number of benzene rings is 4. The van der Waals surface area contributed by atoms with Gasteiger partial charge in [-0.05, 0) is 42.5 Å². The molecule has 0 bridgehead atoms. The third-order valence-electron chi connectivity index (χ3n) is 5.11. The highest BCUT2D eigenvalue weighted by Crippen LogP contribution is 2.43. The van der Waals surface area contributed by atoms with Gasteiger partial charge < -0.3 is 31.2 Å². The monoisotopic (exact) mass is 446 g/mol. The molecule has 0 fully saturated rings. The molecule has 0 aliphatic rings. The van der Waals surface area contributed by atoms with E-state index >= 15 is 0 Å². The molecule has 0 aromatic heterocycles. The van der Waals surface area contributed by atoms with Crippen LogP contribution in [0.2, 0.25) is 0 Å². The molecule has 164 valence electrons. The summed E-state index contributed by atoms with van der Waals surface area (Å²) in [5.41, 5.74) is 13.2. The molecular weight excluding hydrogens is 428 g/mol. The molecule has 0 aliphatic carbocycles. The molecule has 6 heteroatoms. The average molecular weight is 446 g/mol. The molecule has 4 aromatic carbocycles. The van der Waals surface area contributed by atoms with E-state index in [4.69, 9.17) is 40.2 Å². The summed E-state index contributed by atoms with van der Waals surface area (Å²) in [4.78, 5) is 0. The van der Waals surface area contributed by atoms with Crippen molar-refractivity contribution < 1.29 is 19.7 Å². The zero-order chi connectivity index (χ0) is 24.4. The number of hydrogen-bond acceptors (Lipinski definition) is 6. The number of rotatable bonds is 4. The number of fused-ring (bicyclic) bond motifs is 1. The van der Waals surface area contributed by atoms with Crippen LogP contribution in [0.1, 0.15) is 16.7 Å². The fourth-order valence-corrected chi connectivity index (χ4v) is 3.47. The maximum atomic E-state index is 9.74. The van der Waals surface area contributed by atoms with Crippen LogP contribution in [0.25, 0.3) is 10.8 Å². The third-order valence-corrected chi connectivity index (χ3v) is 5.11. The first kappa shape index (κ1) is 21.8. The van der Waals surface area contributed by atoms with Gasteiger partial charge in [-0.15, -0.1) is 19.3 Å². The van der Waals surface area contributed by atoms with Gasteiger partial charge in [0.05, 0.1) is 16.9 Å². The molecule has 0 heterocycles. The van der Waals surface area contributed by atoms with Crippen molar-refractivity contribution in [2.45, 2.75) is 0 Å². The molecule has 0 spiro atoms. The lowest BCUT2D eigenvalue weighted by Gasteiger charge is -2.18. The Bertz CT molecular complexity index is 1580. The standard InChI is InChI=1S/C28H18N2O4/c1-4-16-7-12-25(33-19-8-10-23(31)21(29)14-19)26-17(5-2)13-18(6-3)28(27(16)26)34-20-9-11-24(32)22(30)15-20/h1-3,7-15,31-32H,29-30H2. The van der Waals surface area contributed by atoms with Crippen LogP contribution in [0.4, 0.5) is 11.4 Å². The Kier molecular flexibility index (Phi) is 5.54. The first-order valence-electron chi connectivity index (χ1n) is 9.92. The minimum absolute atomic E-state index is 0.0632. The number of phenolic OH excluding ortho intramolecular Hbond substituents is 2. The molecule has 0 amide bonds. The molecule has 6 nitrogen and oxygen atoms in total. The van der Waals surface area contributed by atoms with E-state index in [0.717, 1.165) is 0 Å². The van der Waals surface area contributed by atoms with E-state index in [1.807, 2.05) is 0 Å². The van der Waals surface area contributed by atoms with Gasteiger partial charge in [0.2, 0.25) is 0 Å². The maximum absolute atomic E-state index is 9.74. The molecule has 0 radical (unpaired) electrons. The van der Waals surface area contributed by atoms with E-state index in [2.05, 4.69) is 17.8 Å². The van der Waals surface area contributed by atoms with E-state index in [1.165, 1.54) is 24.3 Å². The highest BCUT2D eigenvalue weighted by atomic mass is 16.5. The van der Waals surface area contributed by atoms with Crippen molar-refractivity contribution in [2.24, 2.45) is 0 Å². The number of aromatic hydroxyl groups is 2. The summed E-state index contributed by atoms with van der Waals surface area (Å²) in [6.07, 6.45) is 17.4. The molecule has 0 saturated heterocycles. The van der Waals surface area contributed by atoms with Crippen molar-refractivity contribution in [2.75, 3.05) is 11.5 Å². The van der Waals surface area contributed by atoms with Crippen LogP contribution < -0.4 is 20.9 Å². The van der Waals surface area contributed by atoms with Gasteiger partial charge in [-0.3, -0.25) is 0 Å². The minimum Gasteiger partial charge on any atom is -0.506 e. The number of hydrogen-bond donors (Lipinski definition) is 4. The SMILES string of the molecule is C#Cc1cc(C#C)c2c(Oc3ccc(O)c(N)c3)ccc(C#C)c2c1Oc1ccc(O)c(N)c1.